The Balaban J connectivity index is 0.000000342. The van der Waals surface area contributed by atoms with Gasteiger partial charge < -0.3 is 15.0 Å². The maximum Gasteiger partial charge on any atom is 0.300 e. The van der Waals surface area contributed by atoms with Gasteiger partial charge in [-0.25, -0.2) is 4.57 Å². The lowest BCUT2D eigenvalue weighted by molar-refractivity contribution is -0.644. The number of benzene rings is 1. The van der Waals surface area contributed by atoms with Gasteiger partial charge in [-0.3, -0.25) is 4.79 Å². The number of aliphatic carboxylic acids is 2. The molecule has 1 aromatic heterocycles. The van der Waals surface area contributed by atoms with Crippen LogP contribution in [0.4, 0.5) is 0 Å². The molecule has 1 aromatic carbocycles. The molecule has 0 radical (unpaired) electrons. The first-order chi connectivity index (χ1) is 8.84. The van der Waals surface area contributed by atoms with Crippen LogP contribution in [0.5, 0.6) is 0 Å². The van der Waals surface area contributed by atoms with Crippen LogP contribution in [0, 0.1) is 0 Å². The van der Waals surface area contributed by atoms with E-state index in [9.17, 15) is 0 Å². The van der Waals surface area contributed by atoms with E-state index in [0.29, 0.717) is 0 Å². The lowest BCUT2D eigenvalue weighted by Gasteiger charge is -1.93. The Morgan fingerprint density at radius 1 is 1.11 bits per heavy atom. The van der Waals surface area contributed by atoms with E-state index in [4.69, 9.17) is 19.8 Å². The van der Waals surface area contributed by atoms with E-state index in [1.54, 1.807) is 0 Å². The number of nitrogens with zero attached hydrogens (tertiary/aromatic N) is 1. The molecule has 0 aliphatic heterocycles. The number of para-hydroxylation sites is 1. The number of carbonyl (C=O) groups excluding carboxylic acids is 1. The fourth-order valence-electron chi connectivity index (χ4n) is 1.31. The van der Waals surface area contributed by atoms with Crippen molar-refractivity contribution in [1.82, 2.24) is 0 Å². The molecule has 102 valence electrons. The number of rotatable bonds is 0. The lowest BCUT2D eigenvalue weighted by atomic mass is 10.2. The first-order valence-electron chi connectivity index (χ1n) is 5.55. The van der Waals surface area contributed by atoms with Crippen LogP contribution < -0.4 is 9.67 Å². The molecule has 0 saturated carbocycles. The van der Waals surface area contributed by atoms with Gasteiger partial charge in [-0.2, -0.15) is 0 Å². The van der Waals surface area contributed by atoms with E-state index >= 15 is 0 Å². The molecular formula is C14H17NO4. The number of hydrogen-bond donors (Lipinski definition) is 1. The van der Waals surface area contributed by atoms with E-state index < -0.39 is 11.9 Å². The SMILES string of the molecule is CC(=O)O.CC(=O)[O-].C[n+]1cccc2ccccc21. The predicted molar refractivity (Wildman–Crippen MR) is 69.1 cm³/mol. The van der Waals surface area contributed by atoms with Gasteiger partial charge in [-0.1, -0.05) is 12.1 Å². The number of carboxylic acids is 2. The van der Waals surface area contributed by atoms with Gasteiger partial charge >= 0.3 is 0 Å². The topological polar surface area (TPSA) is 81.3 Å². The molecule has 0 amide bonds. The molecule has 1 N–H and O–H groups in total. The molecule has 2 aromatic rings. The highest BCUT2D eigenvalue weighted by molar-refractivity contribution is 5.74. The third-order valence-electron chi connectivity index (χ3n) is 1.90. The Labute approximate surface area is 111 Å². The summed E-state index contributed by atoms with van der Waals surface area (Å²) in [6.45, 7) is 2.06. The van der Waals surface area contributed by atoms with Crippen molar-refractivity contribution in [3.05, 3.63) is 42.6 Å². The summed E-state index contributed by atoms with van der Waals surface area (Å²) in [5.41, 5.74) is 1.27. The third kappa shape index (κ3) is 8.31. The maximum atomic E-state index is 9.00. The Morgan fingerprint density at radius 3 is 2.00 bits per heavy atom. The van der Waals surface area contributed by atoms with Crippen LogP contribution in [0.15, 0.2) is 42.6 Å². The van der Waals surface area contributed by atoms with Gasteiger partial charge in [0.1, 0.15) is 7.05 Å². The molecule has 0 saturated heterocycles. The number of pyridine rings is 1. The van der Waals surface area contributed by atoms with Crippen LogP contribution in [0.25, 0.3) is 10.9 Å². The quantitative estimate of drug-likeness (QED) is 0.702. The van der Waals surface area contributed by atoms with Gasteiger partial charge in [0.15, 0.2) is 6.20 Å². The average molecular weight is 263 g/mol. The van der Waals surface area contributed by atoms with Crippen molar-refractivity contribution in [3.63, 3.8) is 0 Å². The summed E-state index contributed by atoms with van der Waals surface area (Å²) in [6, 6.07) is 12.5. The number of aromatic nitrogens is 1. The number of carboxylic acid groups (broad SMARTS) is 2. The molecule has 0 aliphatic rings. The van der Waals surface area contributed by atoms with E-state index in [1.807, 2.05) is 0 Å². The van der Waals surface area contributed by atoms with Gasteiger partial charge in [-0.15, -0.1) is 0 Å². The first kappa shape index (κ1) is 16.6. The number of fused-ring (bicyclic) bond motifs is 1. The van der Waals surface area contributed by atoms with Crippen LogP contribution >= 0.6 is 0 Å². The highest BCUT2D eigenvalue weighted by atomic mass is 16.4. The summed E-state index contributed by atoms with van der Waals surface area (Å²) in [6.07, 6.45) is 2.06. The normalized spacial score (nSPS) is 8.58. The van der Waals surface area contributed by atoms with E-state index in [2.05, 4.69) is 54.2 Å². The number of aryl methyl sites for hydroxylation is 1. The summed E-state index contributed by atoms with van der Waals surface area (Å²) in [7, 11) is 2.06. The molecule has 0 fully saturated rings. The molecule has 2 rings (SSSR count). The van der Waals surface area contributed by atoms with Crippen molar-refractivity contribution in [3.8, 4) is 0 Å². The fraction of sp³-hybridized carbons (Fsp3) is 0.214. The Bertz CT molecular complexity index is 527. The van der Waals surface area contributed by atoms with Gasteiger partial charge in [0.05, 0.1) is 0 Å². The number of hydrogen-bond acceptors (Lipinski definition) is 3. The second-order valence-electron chi connectivity index (χ2n) is 3.69. The molecule has 0 bridgehead atoms. The van der Waals surface area contributed by atoms with Gasteiger partial charge in [0, 0.05) is 30.4 Å². The van der Waals surface area contributed by atoms with E-state index in [1.165, 1.54) is 10.9 Å². The minimum absolute atomic E-state index is 0.833. The smallest absolute Gasteiger partial charge is 0.300 e. The Kier molecular flexibility index (Phi) is 7.53. The monoisotopic (exact) mass is 263 g/mol. The molecule has 1 heterocycles. The standard InChI is InChI=1S/C10H10N.2C2H4O2/c1-11-8-4-6-9-5-2-3-7-10(9)11;2*1-2(3)4/h2-8H,1H3;2*1H3,(H,3,4)/q+1;;/p-1. The summed E-state index contributed by atoms with van der Waals surface area (Å²) < 4.78 is 2.12. The summed E-state index contributed by atoms with van der Waals surface area (Å²) in [4.78, 5) is 17.9. The summed E-state index contributed by atoms with van der Waals surface area (Å²) >= 11 is 0. The first-order valence-corrected chi connectivity index (χ1v) is 5.55. The average Bonchev–Trinajstić information content (AvgIpc) is 2.28. The molecular weight excluding hydrogens is 246 g/mol. The molecule has 0 spiro atoms. The zero-order chi connectivity index (χ0) is 14.8. The van der Waals surface area contributed by atoms with Crippen molar-refractivity contribution in [2.75, 3.05) is 0 Å². The third-order valence-corrected chi connectivity index (χ3v) is 1.90. The fourth-order valence-corrected chi connectivity index (χ4v) is 1.31. The van der Waals surface area contributed by atoms with Crippen LogP contribution in [0.1, 0.15) is 13.8 Å². The molecule has 5 nitrogen and oxygen atoms in total. The van der Waals surface area contributed by atoms with Gasteiger partial charge in [0.25, 0.3) is 5.97 Å². The minimum Gasteiger partial charge on any atom is -0.550 e. The second kappa shape index (κ2) is 8.63. The van der Waals surface area contributed by atoms with Crippen molar-refractivity contribution >= 4 is 22.8 Å². The zero-order valence-corrected chi connectivity index (χ0v) is 11.2. The molecule has 5 heteroatoms. The molecule has 0 aliphatic carbocycles. The van der Waals surface area contributed by atoms with Crippen LogP contribution in [0.2, 0.25) is 0 Å². The Morgan fingerprint density at radius 2 is 1.53 bits per heavy atom. The second-order valence-corrected chi connectivity index (χ2v) is 3.69. The van der Waals surface area contributed by atoms with Crippen molar-refractivity contribution in [1.29, 1.82) is 0 Å². The molecule has 19 heavy (non-hydrogen) atoms. The van der Waals surface area contributed by atoms with Crippen molar-refractivity contribution in [2.45, 2.75) is 13.8 Å². The number of carbonyl (C=O) groups is 2. The van der Waals surface area contributed by atoms with Gasteiger partial charge in [-0.05, 0) is 19.1 Å². The highest BCUT2D eigenvalue weighted by Gasteiger charge is 1.99. The Hall–Kier alpha value is -2.43. The molecule has 0 unspecified atom stereocenters. The largest absolute Gasteiger partial charge is 0.550 e. The highest BCUT2D eigenvalue weighted by Crippen LogP contribution is 2.06. The summed E-state index contributed by atoms with van der Waals surface area (Å²) in [5.74, 6) is -1.92. The van der Waals surface area contributed by atoms with Crippen molar-refractivity contribution < 1.29 is 24.4 Å². The van der Waals surface area contributed by atoms with Crippen LogP contribution in [-0.2, 0) is 16.6 Å². The molecule has 0 atom stereocenters. The lowest BCUT2D eigenvalue weighted by Crippen LogP contribution is -2.27. The van der Waals surface area contributed by atoms with Crippen LogP contribution in [-0.4, -0.2) is 17.0 Å². The maximum absolute atomic E-state index is 9.00. The van der Waals surface area contributed by atoms with Gasteiger partial charge in [0.2, 0.25) is 5.52 Å². The predicted octanol–water partition coefficient (Wildman–Crippen LogP) is 0.511. The van der Waals surface area contributed by atoms with E-state index in [0.717, 1.165) is 13.8 Å². The van der Waals surface area contributed by atoms with Crippen LogP contribution in [0.3, 0.4) is 0 Å². The zero-order valence-electron chi connectivity index (χ0n) is 11.2. The summed E-state index contributed by atoms with van der Waals surface area (Å²) in [5, 5.41) is 17.6. The minimum atomic E-state index is -1.08. The van der Waals surface area contributed by atoms with E-state index in [-0.39, 0.29) is 0 Å². The van der Waals surface area contributed by atoms with Crippen molar-refractivity contribution in [2.24, 2.45) is 7.05 Å².